The summed E-state index contributed by atoms with van der Waals surface area (Å²) in [6.45, 7) is 3.26. The van der Waals surface area contributed by atoms with Crippen LogP contribution in [0.3, 0.4) is 0 Å². The molecule has 0 radical (unpaired) electrons. The number of hydrogen-bond acceptors (Lipinski definition) is 10. The van der Waals surface area contributed by atoms with E-state index in [2.05, 4.69) is 5.32 Å². The predicted molar refractivity (Wildman–Crippen MR) is 208 cm³/mol. The summed E-state index contributed by atoms with van der Waals surface area (Å²) in [7, 11) is 1.50. The maximum atomic E-state index is 15.3. The Morgan fingerprint density at radius 1 is 1.05 bits per heavy atom. The Kier molecular flexibility index (Phi) is 9.37. The maximum absolute atomic E-state index is 15.3. The number of cyclic esters (lactones) is 1. The summed E-state index contributed by atoms with van der Waals surface area (Å²) in [5.41, 5.74) is 6.13. The van der Waals surface area contributed by atoms with Crippen molar-refractivity contribution in [3.8, 4) is 22.5 Å². The molecule has 2 amide bonds. The fourth-order valence-electron chi connectivity index (χ4n) is 8.89. The predicted octanol–water partition coefficient (Wildman–Crippen LogP) is 5.46. The van der Waals surface area contributed by atoms with Gasteiger partial charge in [0.05, 0.1) is 48.3 Å². The number of fused-ring (bicyclic) bond motifs is 8. The Bertz CT molecular complexity index is 2580. The summed E-state index contributed by atoms with van der Waals surface area (Å²) in [5.74, 6) is -1.62. The van der Waals surface area contributed by atoms with E-state index in [1.165, 1.54) is 18.0 Å². The van der Waals surface area contributed by atoms with E-state index in [0.717, 1.165) is 44.3 Å². The van der Waals surface area contributed by atoms with E-state index in [4.69, 9.17) is 23.9 Å². The van der Waals surface area contributed by atoms with Gasteiger partial charge < -0.3 is 38.8 Å². The van der Waals surface area contributed by atoms with Crippen molar-refractivity contribution < 1.29 is 42.8 Å². The molecule has 4 heterocycles. The Balaban J connectivity index is 0.853. The van der Waals surface area contributed by atoms with Crippen LogP contribution in [0.2, 0.25) is 0 Å². The van der Waals surface area contributed by atoms with Crippen molar-refractivity contribution in [3.05, 3.63) is 121 Å². The molecule has 0 spiro atoms. The number of pyridine rings is 2. The average Bonchev–Trinajstić information content (AvgIpc) is 3.75. The Labute approximate surface area is 332 Å². The first kappa shape index (κ1) is 37.6. The van der Waals surface area contributed by atoms with Crippen LogP contribution in [0.4, 0.5) is 9.18 Å². The Morgan fingerprint density at radius 2 is 1.78 bits per heavy atom. The number of aryl methyl sites for hydroxylation is 1. The van der Waals surface area contributed by atoms with E-state index in [-0.39, 0.29) is 68.6 Å². The molecule has 298 valence electrons. The topological polar surface area (TPSA) is 159 Å². The lowest BCUT2D eigenvalue weighted by atomic mass is 9.82. The van der Waals surface area contributed by atoms with E-state index in [1.54, 1.807) is 24.5 Å². The normalized spacial score (nSPS) is 18.5. The van der Waals surface area contributed by atoms with Crippen LogP contribution in [-0.4, -0.2) is 71.1 Å². The third-order valence-corrected chi connectivity index (χ3v) is 11.9. The van der Waals surface area contributed by atoms with Gasteiger partial charge in [0.25, 0.3) is 5.56 Å². The van der Waals surface area contributed by atoms with Gasteiger partial charge in [-0.3, -0.25) is 9.59 Å². The van der Waals surface area contributed by atoms with E-state index in [9.17, 15) is 24.3 Å². The maximum Gasteiger partial charge on any atom is 0.410 e. The zero-order valence-corrected chi connectivity index (χ0v) is 32.2. The molecule has 58 heavy (non-hydrogen) atoms. The largest absolute Gasteiger partial charge is 0.458 e. The van der Waals surface area contributed by atoms with Crippen molar-refractivity contribution in [1.82, 2.24) is 19.8 Å². The van der Waals surface area contributed by atoms with Gasteiger partial charge in [-0.05, 0) is 60.1 Å². The van der Waals surface area contributed by atoms with Crippen molar-refractivity contribution in [3.63, 3.8) is 0 Å². The fraction of sp³-hybridized carbons (Fsp3) is 0.341. The summed E-state index contributed by atoms with van der Waals surface area (Å²) in [4.78, 5) is 58.5. The number of halogens is 1. The molecule has 0 fully saturated rings. The van der Waals surface area contributed by atoms with Crippen LogP contribution < -0.4 is 10.9 Å². The highest BCUT2D eigenvalue weighted by Crippen LogP contribution is 2.48. The highest BCUT2D eigenvalue weighted by atomic mass is 19.1. The Morgan fingerprint density at radius 3 is 2.50 bits per heavy atom. The number of esters is 1. The molecule has 3 aromatic carbocycles. The van der Waals surface area contributed by atoms with Crippen LogP contribution in [0.25, 0.3) is 33.4 Å². The lowest BCUT2D eigenvalue weighted by Gasteiger charge is -2.31. The van der Waals surface area contributed by atoms with Gasteiger partial charge in [0.2, 0.25) is 5.91 Å². The first-order chi connectivity index (χ1) is 28.0. The van der Waals surface area contributed by atoms with Gasteiger partial charge in [0.15, 0.2) is 11.7 Å². The lowest BCUT2D eigenvalue weighted by Crippen LogP contribution is -2.44. The molecule has 13 nitrogen and oxygen atoms in total. The second-order valence-electron chi connectivity index (χ2n) is 15.2. The van der Waals surface area contributed by atoms with Crippen molar-refractivity contribution in [1.29, 1.82) is 0 Å². The second kappa shape index (κ2) is 14.5. The number of hydrogen-bond donors (Lipinski definition) is 2. The number of nitrogens with one attached hydrogen (secondary N) is 1. The van der Waals surface area contributed by atoms with Crippen molar-refractivity contribution in [2.45, 2.75) is 64.1 Å². The second-order valence-corrected chi connectivity index (χ2v) is 15.2. The zero-order valence-electron chi connectivity index (χ0n) is 32.2. The van der Waals surface area contributed by atoms with Crippen molar-refractivity contribution in [2.24, 2.45) is 0 Å². The third-order valence-electron chi connectivity index (χ3n) is 11.9. The van der Waals surface area contributed by atoms with Gasteiger partial charge in [-0.25, -0.2) is 19.0 Å². The quantitative estimate of drug-likeness (QED) is 0.104. The third kappa shape index (κ3) is 5.96. The van der Waals surface area contributed by atoms with Crippen LogP contribution in [0.1, 0.15) is 76.5 Å². The average molecular weight is 789 g/mol. The monoisotopic (exact) mass is 788 g/mol. The van der Waals surface area contributed by atoms with E-state index < -0.39 is 35.8 Å². The first-order valence-electron chi connectivity index (χ1n) is 19.4. The van der Waals surface area contributed by atoms with Crippen molar-refractivity contribution >= 4 is 28.9 Å². The van der Waals surface area contributed by atoms with Gasteiger partial charge in [-0.15, -0.1) is 0 Å². The van der Waals surface area contributed by atoms with E-state index in [0.29, 0.717) is 35.3 Å². The number of nitrogens with zero attached hydrogens (tertiary/aromatic N) is 3. The molecule has 0 saturated heterocycles. The molecule has 4 aliphatic rings. The summed E-state index contributed by atoms with van der Waals surface area (Å²) in [6, 6.07) is 18.6. The number of carbonyl (C=O) groups is 3. The number of benzene rings is 3. The minimum atomic E-state index is -1.98. The van der Waals surface area contributed by atoms with Crippen molar-refractivity contribution in [2.75, 3.05) is 33.5 Å². The lowest BCUT2D eigenvalue weighted by molar-refractivity contribution is -0.172. The van der Waals surface area contributed by atoms with Crippen LogP contribution in [-0.2, 0) is 53.7 Å². The molecular weight excluding hydrogens is 748 g/mol. The first-order valence-corrected chi connectivity index (χ1v) is 19.4. The molecular formula is C44H41FN4O9. The number of amides is 2. The van der Waals surface area contributed by atoms with Gasteiger partial charge >= 0.3 is 12.1 Å². The SMILES string of the molecule is CC[C@@]1(O)C(=O)OCc2c1cc1n(c2=O)Cc2c-1nc1cc(F)c(C)c3c1c2[C@@H](OCCOCNC(=O)CN(C)C(=O)OC1c2ccccc2-c2ccccc21)CC3. The summed E-state index contributed by atoms with van der Waals surface area (Å²) in [6.07, 6.45) is -0.546. The minimum Gasteiger partial charge on any atom is -0.458 e. The van der Waals surface area contributed by atoms with Gasteiger partial charge in [0.1, 0.15) is 25.7 Å². The molecule has 0 saturated carbocycles. The Hall–Kier alpha value is -5.96. The standard InChI is InChI=1S/C44H41FN4O9/c1-4-44(54)31-17-34-39-29(19-49(34)41(51)30(31)21-57-42(44)52)38-35(14-13-24-23(2)32(45)18-33(47-39)37(24)38)56-16-15-55-22-46-36(50)20-48(3)43(53)58-40-27-11-7-5-9-25(27)26-10-6-8-12-28(26)40/h5-12,17-18,35,40,54H,4,13-16,19-22H2,1-3H3,(H,46,50)/t35-,44-/m0/s1. The molecule has 2 aliphatic heterocycles. The number of rotatable bonds is 10. The smallest absolute Gasteiger partial charge is 0.410 e. The van der Waals surface area contributed by atoms with Crippen LogP contribution >= 0.6 is 0 Å². The molecule has 0 unspecified atom stereocenters. The summed E-state index contributed by atoms with van der Waals surface area (Å²) < 4.78 is 40.0. The highest BCUT2D eigenvalue weighted by molar-refractivity contribution is 5.93. The van der Waals surface area contributed by atoms with Gasteiger partial charge in [-0.2, -0.15) is 0 Å². The molecule has 0 bridgehead atoms. The molecule has 2 aliphatic carbocycles. The number of aliphatic hydroxyl groups is 1. The van der Waals surface area contributed by atoms with Crippen LogP contribution in [0, 0.1) is 12.7 Å². The number of aromatic nitrogens is 2. The van der Waals surface area contributed by atoms with Crippen LogP contribution in [0.5, 0.6) is 0 Å². The van der Waals surface area contributed by atoms with Gasteiger partial charge in [0, 0.05) is 40.8 Å². The molecule has 2 aromatic heterocycles. The zero-order chi connectivity index (χ0) is 40.5. The summed E-state index contributed by atoms with van der Waals surface area (Å²) >= 11 is 0. The molecule has 14 heteroatoms. The molecule has 9 rings (SSSR count). The summed E-state index contributed by atoms with van der Waals surface area (Å²) in [5, 5.41) is 14.8. The number of likely N-dealkylation sites (N-methyl/N-ethyl adjacent to an activating group) is 1. The molecule has 2 atom stereocenters. The minimum absolute atomic E-state index is 0.0121. The number of carbonyl (C=O) groups excluding carboxylic acids is 3. The van der Waals surface area contributed by atoms with E-state index in [1.807, 2.05) is 48.5 Å². The van der Waals surface area contributed by atoms with Gasteiger partial charge in [-0.1, -0.05) is 55.5 Å². The number of ether oxygens (including phenoxy) is 4. The fourth-order valence-corrected chi connectivity index (χ4v) is 8.89. The molecule has 5 aromatic rings. The van der Waals surface area contributed by atoms with Crippen LogP contribution in [0.15, 0.2) is 65.5 Å². The van der Waals surface area contributed by atoms with E-state index >= 15 is 4.39 Å². The molecule has 2 N–H and O–H groups in total. The highest BCUT2D eigenvalue weighted by Gasteiger charge is 2.46.